The maximum atomic E-state index is 13.5. The van der Waals surface area contributed by atoms with E-state index in [9.17, 15) is 13.2 Å². The van der Waals surface area contributed by atoms with Crippen molar-refractivity contribution in [2.24, 2.45) is 7.05 Å². The molecule has 2 heterocycles. The van der Waals surface area contributed by atoms with Crippen LogP contribution in [0, 0.1) is 34.6 Å². The largest absolute Gasteiger partial charge is 0.350 e. The van der Waals surface area contributed by atoms with E-state index in [1.807, 2.05) is 39.8 Å². The molecule has 1 aromatic carbocycles. The molecule has 7 heteroatoms. The fourth-order valence-corrected chi connectivity index (χ4v) is 6.00. The van der Waals surface area contributed by atoms with E-state index < -0.39 is 10.0 Å². The summed E-state index contributed by atoms with van der Waals surface area (Å²) < 4.78 is 31.5. The van der Waals surface area contributed by atoms with E-state index in [0.29, 0.717) is 35.7 Å². The summed E-state index contributed by atoms with van der Waals surface area (Å²) in [6, 6.07) is 3.90. The summed E-state index contributed by atoms with van der Waals surface area (Å²) in [5, 5.41) is 0. The Hall–Kier alpha value is -2.28. The zero-order valence-corrected chi connectivity index (χ0v) is 19.0. The molecule has 0 bridgehead atoms. The van der Waals surface area contributed by atoms with Gasteiger partial charge < -0.3 is 9.47 Å². The van der Waals surface area contributed by atoms with Gasteiger partial charge in [0.1, 0.15) is 4.90 Å². The monoisotopic (exact) mass is 417 g/mol. The van der Waals surface area contributed by atoms with Gasteiger partial charge in [0.05, 0.1) is 11.3 Å². The lowest BCUT2D eigenvalue weighted by Gasteiger charge is -2.27. The second-order valence-corrected chi connectivity index (χ2v) is 9.79. The summed E-state index contributed by atoms with van der Waals surface area (Å²) in [5.41, 5.74) is 4.92. The molecule has 0 aliphatic carbocycles. The van der Waals surface area contributed by atoms with Crippen molar-refractivity contribution in [3.05, 3.63) is 45.8 Å². The minimum absolute atomic E-state index is 0.0902. The molecule has 1 aliphatic heterocycles. The zero-order chi connectivity index (χ0) is 21.5. The Balaban J connectivity index is 2.10. The van der Waals surface area contributed by atoms with Crippen molar-refractivity contribution in [3.63, 3.8) is 0 Å². The Morgan fingerprint density at radius 3 is 2.03 bits per heavy atom. The number of piperidine rings is 1. The van der Waals surface area contributed by atoms with Crippen LogP contribution in [-0.4, -0.2) is 36.9 Å². The summed E-state index contributed by atoms with van der Waals surface area (Å²) in [6.45, 7) is 10.7. The molecule has 29 heavy (non-hydrogen) atoms. The number of amides is 1. The molecule has 158 valence electrons. The molecular weight excluding hydrogens is 386 g/mol. The Bertz CT molecular complexity index is 1040. The lowest BCUT2D eigenvalue weighted by atomic mass is 10.1. The molecule has 3 rings (SSSR count). The van der Waals surface area contributed by atoms with Crippen LogP contribution in [0.2, 0.25) is 0 Å². The molecule has 0 spiro atoms. The van der Waals surface area contributed by atoms with Crippen molar-refractivity contribution in [3.8, 4) is 0 Å². The van der Waals surface area contributed by atoms with Gasteiger partial charge in [0.25, 0.3) is 15.9 Å². The van der Waals surface area contributed by atoms with Crippen LogP contribution in [0.4, 0.5) is 5.69 Å². The molecule has 0 radical (unpaired) electrons. The van der Waals surface area contributed by atoms with E-state index in [-0.39, 0.29) is 10.8 Å². The quantitative estimate of drug-likeness (QED) is 0.817. The molecule has 6 nitrogen and oxygen atoms in total. The predicted octanol–water partition coefficient (Wildman–Crippen LogP) is 3.99. The van der Waals surface area contributed by atoms with Crippen LogP contribution in [0.3, 0.4) is 0 Å². The van der Waals surface area contributed by atoms with Crippen molar-refractivity contribution >= 4 is 21.6 Å². The molecule has 1 aliphatic rings. The van der Waals surface area contributed by atoms with Gasteiger partial charge in [0.2, 0.25) is 0 Å². The molecule has 2 aromatic rings. The number of carbonyl (C=O) groups excluding carboxylic acids is 1. The van der Waals surface area contributed by atoms with Crippen molar-refractivity contribution in [1.29, 1.82) is 0 Å². The number of hydrogen-bond acceptors (Lipinski definition) is 3. The third-order valence-electron chi connectivity index (χ3n) is 5.96. The van der Waals surface area contributed by atoms with Crippen LogP contribution in [-0.2, 0) is 17.1 Å². The van der Waals surface area contributed by atoms with Crippen LogP contribution in [0.1, 0.15) is 57.7 Å². The number of hydrogen-bond donors (Lipinski definition) is 1. The van der Waals surface area contributed by atoms with Gasteiger partial charge in [0.15, 0.2) is 0 Å². The lowest BCUT2D eigenvalue weighted by Crippen LogP contribution is -2.36. The number of likely N-dealkylation sites (tertiary alicyclic amines) is 1. The smallest absolute Gasteiger partial charge is 0.264 e. The van der Waals surface area contributed by atoms with Gasteiger partial charge in [-0.25, -0.2) is 8.42 Å². The molecule has 0 unspecified atom stereocenters. The molecule has 1 aromatic heterocycles. The first-order valence-electron chi connectivity index (χ1n) is 10.1. The van der Waals surface area contributed by atoms with Gasteiger partial charge in [-0.1, -0.05) is 17.7 Å². The lowest BCUT2D eigenvalue weighted by molar-refractivity contribution is 0.0720. The standard InChI is InChI=1S/C22H31N3O3S/c1-14-12-15(2)20(16(3)13-14)23-29(27,28)21-18(5)24(6)17(4)19(21)22(26)25-10-8-7-9-11-25/h12-13,23H,7-11H2,1-6H3. The Labute approximate surface area is 174 Å². The summed E-state index contributed by atoms with van der Waals surface area (Å²) in [6.07, 6.45) is 3.02. The average molecular weight is 418 g/mol. The van der Waals surface area contributed by atoms with Gasteiger partial charge in [-0.3, -0.25) is 9.52 Å². The van der Waals surface area contributed by atoms with E-state index in [0.717, 1.165) is 36.0 Å². The fourth-order valence-electron chi connectivity index (χ4n) is 4.28. The molecule has 1 saturated heterocycles. The number of sulfonamides is 1. The van der Waals surface area contributed by atoms with E-state index in [1.165, 1.54) is 0 Å². The predicted molar refractivity (Wildman–Crippen MR) is 116 cm³/mol. The summed E-state index contributed by atoms with van der Waals surface area (Å²) >= 11 is 0. The van der Waals surface area contributed by atoms with Crippen LogP contribution in [0.5, 0.6) is 0 Å². The average Bonchev–Trinajstić information content (AvgIpc) is 2.89. The summed E-state index contributed by atoms with van der Waals surface area (Å²) in [4.78, 5) is 15.2. The number of carbonyl (C=O) groups is 1. The summed E-state index contributed by atoms with van der Waals surface area (Å²) in [5.74, 6) is -0.191. The number of nitrogens with zero attached hydrogens (tertiary/aromatic N) is 2. The Morgan fingerprint density at radius 1 is 0.931 bits per heavy atom. The van der Waals surface area contributed by atoms with Gasteiger partial charge in [-0.2, -0.15) is 0 Å². The maximum Gasteiger partial charge on any atom is 0.264 e. The highest BCUT2D eigenvalue weighted by Gasteiger charge is 2.33. The minimum atomic E-state index is -3.94. The van der Waals surface area contributed by atoms with Gasteiger partial charge in [-0.05, 0) is 65.0 Å². The van der Waals surface area contributed by atoms with E-state index in [4.69, 9.17) is 0 Å². The van der Waals surface area contributed by atoms with Crippen LogP contribution in [0.25, 0.3) is 0 Å². The number of nitrogens with one attached hydrogen (secondary N) is 1. The molecule has 1 fully saturated rings. The van der Waals surface area contributed by atoms with Crippen LogP contribution < -0.4 is 4.72 Å². The fraction of sp³-hybridized carbons (Fsp3) is 0.500. The van der Waals surface area contributed by atoms with Crippen LogP contribution in [0.15, 0.2) is 17.0 Å². The third kappa shape index (κ3) is 3.92. The van der Waals surface area contributed by atoms with Gasteiger partial charge in [-0.15, -0.1) is 0 Å². The molecule has 1 N–H and O–H groups in total. The first-order chi connectivity index (χ1) is 13.5. The maximum absolute atomic E-state index is 13.5. The van der Waals surface area contributed by atoms with Crippen LogP contribution >= 0.6 is 0 Å². The summed E-state index contributed by atoms with van der Waals surface area (Å²) in [7, 11) is -2.13. The van der Waals surface area contributed by atoms with Crippen molar-refractivity contribution < 1.29 is 13.2 Å². The Morgan fingerprint density at radius 2 is 1.48 bits per heavy atom. The molecule has 0 saturated carbocycles. The minimum Gasteiger partial charge on any atom is -0.350 e. The van der Waals surface area contributed by atoms with Crippen molar-refractivity contribution in [1.82, 2.24) is 9.47 Å². The second-order valence-electron chi connectivity index (χ2n) is 8.17. The third-order valence-corrected chi connectivity index (χ3v) is 7.47. The first-order valence-corrected chi connectivity index (χ1v) is 11.6. The normalized spacial score (nSPS) is 14.9. The first kappa shape index (κ1) is 21.4. The molecule has 0 atom stereocenters. The van der Waals surface area contributed by atoms with Gasteiger partial charge >= 0.3 is 0 Å². The number of anilines is 1. The number of rotatable bonds is 4. The molecular formula is C22H31N3O3S. The van der Waals surface area contributed by atoms with Crippen molar-refractivity contribution in [2.75, 3.05) is 17.8 Å². The number of benzene rings is 1. The van der Waals surface area contributed by atoms with Crippen molar-refractivity contribution in [2.45, 2.75) is 58.8 Å². The van der Waals surface area contributed by atoms with E-state index in [2.05, 4.69) is 4.72 Å². The highest BCUT2D eigenvalue weighted by molar-refractivity contribution is 7.92. The van der Waals surface area contributed by atoms with Gasteiger partial charge in [0, 0.05) is 31.5 Å². The number of aryl methyl sites for hydroxylation is 3. The number of aromatic nitrogens is 1. The van der Waals surface area contributed by atoms with E-state index >= 15 is 0 Å². The Kier molecular flexibility index (Phi) is 5.81. The molecule has 1 amide bonds. The highest BCUT2D eigenvalue weighted by atomic mass is 32.2. The topological polar surface area (TPSA) is 71.4 Å². The van der Waals surface area contributed by atoms with E-state index in [1.54, 1.807) is 23.4 Å². The SMILES string of the molecule is Cc1cc(C)c(NS(=O)(=O)c2c(C(=O)N3CCCCC3)c(C)n(C)c2C)c(C)c1. The zero-order valence-electron chi connectivity index (χ0n) is 18.2. The second kappa shape index (κ2) is 7.86. The highest BCUT2D eigenvalue weighted by Crippen LogP contribution is 2.32.